The molecule has 2 aromatic rings. The highest BCUT2D eigenvalue weighted by molar-refractivity contribution is 7.89. The summed E-state index contributed by atoms with van der Waals surface area (Å²) in [6, 6.07) is 6.28. The Labute approximate surface area is 116 Å². The summed E-state index contributed by atoms with van der Waals surface area (Å²) in [6.07, 6.45) is 2.30. The van der Waals surface area contributed by atoms with Crippen LogP contribution in [0, 0.1) is 0 Å². The lowest BCUT2D eigenvalue weighted by molar-refractivity contribution is 0.414. The van der Waals surface area contributed by atoms with Gasteiger partial charge in [-0.05, 0) is 24.3 Å². The zero-order valence-electron chi connectivity index (χ0n) is 10.4. The molecule has 0 fully saturated rings. The van der Waals surface area contributed by atoms with Gasteiger partial charge in [0.15, 0.2) is 0 Å². The summed E-state index contributed by atoms with van der Waals surface area (Å²) in [4.78, 5) is 4.33. The average Bonchev–Trinajstić information content (AvgIpc) is 2.92. The number of benzene rings is 1. The SMILES string of the molecule is COc1ccc(S(=O)(=O)NCCc2nccs2)cc1. The van der Waals surface area contributed by atoms with Crippen LogP contribution in [0.4, 0.5) is 0 Å². The van der Waals surface area contributed by atoms with Crippen molar-refractivity contribution < 1.29 is 13.2 Å². The predicted molar refractivity (Wildman–Crippen MR) is 74.0 cm³/mol. The van der Waals surface area contributed by atoms with E-state index in [4.69, 9.17) is 4.74 Å². The molecule has 5 nitrogen and oxygen atoms in total. The second-order valence-corrected chi connectivity index (χ2v) is 6.50. The third-order valence-corrected chi connectivity index (χ3v) is 4.80. The quantitative estimate of drug-likeness (QED) is 0.881. The maximum atomic E-state index is 12.0. The molecule has 19 heavy (non-hydrogen) atoms. The smallest absolute Gasteiger partial charge is 0.240 e. The van der Waals surface area contributed by atoms with Crippen molar-refractivity contribution in [2.24, 2.45) is 0 Å². The molecule has 0 aliphatic rings. The number of aromatic nitrogens is 1. The summed E-state index contributed by atoms with van der Waals surface area (Å²) in [5, 5.41) is 2.78. The highest BCUT2D eigenvalue weighted by Gasteiger charge is 2.13. The molecule has 0 aliphatic heterocycles. The fourth-order valence-electron chi connectivity index (χ4n) is 1.51. The van der Waals surface area contributed by atoms with Crippen LogP contribution in [0.25, 0.3) is 0 Å². The summed E-state index contributed by atoms with van der Waals surface area (Å²) in [6.45, 7) is 0.335. The summed E-state index contributed by atoms with van der Waals surface area (Å²) >= 11 is 1.51. The van der Waals surface area contributed by atoms with Gasteiger partial charge in [-0.25, -0.2) is 18.1 Å². The Morgan fingerprint density at radius 2 is 2.05 bits per heavy atom. The molecule has 102 valence electrons. The zero-order valence-corrected chi connectivity index (χ0v) is 12.0. The van der Waals surface area contributed by atoms with Crippen molar-refractivity contribution in [3.63, 3.8) is 0 Å². The van der Waals surface area contributed by atoms with Crippen molar-refractivity contribution in [2.75, 3.05) is 13.7 Å². The van der Waals surface area contributed by atoms with E-state index in [1.54, 1.807) is 18.3 Å². The molecule has 1 aromatic carbocycles. The Morgan fingerprint density at radius 3 is 2.63 bits per heavy atom. The number of hydrogen-bond acceptors (Lipinski definition) is 5. The van der Waals surface area contributed by atoms with Gasteiger partial charge in [-0.15, -0.1) is 11.3 Å². The summed E-state index contributed by atoms with van der Waals surface area (Å²) < 4.78 is 31.5. The van der Waals surface area contributed by atoms with Crippen LogP contribution in [-0.2, 0) is 16.4 Å². The number of nitrogens with one attached hydrogen (secondary N) is 1. The van der Waals surface area contributed by atoms with Crippen LogP contribution >= 0.6 is 11.3 Å². The maximum Gasteiger partial charge on any atom is 0.240 e. The number of thiazole rings is 1. The van der Waals surface area contributed by atoms with Crippen molar-refractivity contribution in [3.8, 4) is 5.75 Å². The van der Waals surface area contributed by atoms with Gasteiger partial charge in [0.2, 0.25) is 10.0 Å². The minimum atomic E-state index is -3.47. The Balaban J connectivity index is 1.97. The van der Waals surface area contributed by atoms with Crippen LogP contribution < -0.4 is 9.46 Å². The van der Waals surface area contributed by atoms with Gasteiger partial charge < -0.3 is 4.74 Å². The number of nitrogens with zero attached hydrogens (tertiary/aromatic N) is 1. The van der Waals surface area contributed by atoms with Gasteiger partial charge in [-0.2, -0.15) is 0 Å². The van der Waals surface area contributed by atoms with Gasteiger partial charge in [0.05, 0.1) is 17.0 Å². The standard InChI is InChI=1S/C12H14N2O3S2/c1-17-10-2-4-11(5-3-10)19(15,16)14-7-6-12-13-8-9-18-12/h2-5,8-9,14H,6-7H2,1H3. The Hall–Kier alpha value is -1.44. The first-order chi connectivity index (χ1) is 9.12. The van der Waals surface area contributed by atoms with Crippen molar-refractivity contribution in [2.45, 2.75) is 11.3 Å². The molecule has 0 saturated heterocycles. The zero-order chi connectivity index (χ0) is 13.7. The first-order valence-electron chi connectivity index (χ1n) is 5.64. The summed E-state index contributed by atoms with van der Waals surface area (Å²) in [5.74, 6) is 0.627. The van der Waals surface area contributed by atoms with Crippen LogP contribution in [-0.4, -0.2) is 27.1 Å². The second kappa shape index (κ2) is 6.14. The molecule has 0 aliphatic carbocycles. The molecule has 1 aromatic heterocycles. The van der Waals surface area contributed by atoms with Crippen molar-refractivity contribution >= 4 is 21.4 Å². The van der Waals surface area contributed by atoms with Gasteiger partial charge in [0, 0.05) is 24.5 Å². The Kier molecular flexibility index (Phi) is 4.52. The van der Waals surface area contributed by atoms with Crippen LogP contribution in [0.1, 0.15) is 5.01 Å². The lowest BCUT2D eigenvalue weighted by Gasteiger charge is -2.06. The van der Waals surface area contributed by atoms with Gasteiger partial charge >= 0.3 is 0 Å². The lowest BCUT2D eigenvalue weighted by atomic mass is 10.3. The van der Waals surface area contributed by atoms with Crippen LogP contribution in [0.5, 0.6) is 5.75 Å². The molecule has 2 rings (SSSR count). The van der Waals surface area contributed by atoms with E-state index < -0.39 is 10.0 Å². The maximum absolute atomic E-state index is 12.0. The first kappa shape index (κ1) is 14.0. The molecule has 0 unspecified atom stereocenters. The second-order valence-electron chi connectivity index (χ2n) is 3.75. The molecule has 1 heterocycles. The van der Waals surface area contributed by atoms with Crippen molar-refractivity contribution in [1.82, 2.24) is 9.71 Å². The molecular formula is C12H14N2O3S2. The van der Waals surface area contributed by atoms with E-state index in [-0.39, 0.29) is 4.90 Å². The van der Waals surface area contributed by atoms with Gasteiger partial charge in [0.25, 0.3) is 0 Å². The Bertz CT molecular complexity index is 607. The van der Waals surface area contributed by atoms with E-state index in [0.717, 1.165) is 5.01 Å². The molecule has 1 N–H and O–H groups in total. The molecule has 7 heteroatoms. The molecule has 0 amide bonds. The highest BCUT2D eigenvalue weighted by atomic mass is 32.2. The van der Waals surface area contributed by atoms with E-state index in [1.165, 1.54) is 30.6 Å². The van der Waals surface area contributed by atoms with E-state index in [2.05, 4.69) is 9.71 Å². The fraction of sp³-hybridized carbons (Fsp3) is 0.250. The third kappa shape index (κ3) is 3.76. The van der Waals surface area contributed by atoms with Gasteiger partial charge in [-0.1, -0.05) is 0 Å². The normalized spacial score (nSPS) is 11.4. The first-order valence-corrected chi connectivity index (χ1v) is 8.00. The molecular weight excluding hydrogens is 284 g/mol. The van der Waals surface area contributed by atoms with Crippen molar-refractivity contribution in [1.29, 1.82) is 0 Å². The topological polar surface area (TPSA) is 68.3 Å². The van der Waals surface area contributed by atoms with Crippen molar-refractivity contribution in [3.05, 3.63) is 40.8 Å². The van der Waals surface area contributed by atoms with E-state index in [9.17, 15) is 8.42 Å². The Morgan fingerprint density at radius 1 is 1.32 bits per heavy atom. The molecule has 0 atom stereocenters. The lowest BCUT2D eigenvalue weighted by Crippen LogP contribution is -2.25. The number of methoxy groups -OCH3 is 1. The van der Waals surface area contributed by atoms with E-state index in [1.807, 2.05) is 5.38 Å². The largest absolute Gasteiger partial charge is 0.497 e. The van der Waals surface area contributed by atoms with E-state index >= 15 is 0 Å². The van der Waals surface area contributed by atoms with Crippen LogP contribution in [0.3, 0.4) is 0 Å². The monoisotopic (exact) mass is 298 g/mol. The molecule has 0 bridgehead atoms. The minimum absolute atomic E-state index is 0.229. The van der Waals surface area contributed by atoms with Crippen LogP contribution in [0.2, 0.25) is 0 Å². The average molecular weight is 298 g/mol. The van der Waals surface area contributed by atoms with Gasteiger partial charge in [-0.3, -0.25) is 0 Å². The third-order valence-electron chi connectivity index (χ3n) is 2.48. The number of sulfonamides is 1. The molecule has 0 saturated carbocycles. The minimum Gasteiger partial charge on any atom is -0.497 e. The van der Waals surface area contributed by atoms with Gasteiger partial charge in [0.1, 0.15) is 5.75 Å². The number of rotatable bonds is 6. The molecule has 0 radical (unpaired) electrons. The van der Waals surface area contributed by atoms with Crippen LogP contribution in [0.15, 0.2) is 40.7 Å². The predicted octanol–water partition coefficient (Wildman–Crippen LogP) is 1.67. The molecule has 0 spiro atoms. The fourth-order valence-corrected chi connectivity index (χ4v) is 3.16. The van der Waals surface area contributed by atoms with E-state index in [0.29, 0.717) is 18.7 Å². The number of ether oxygens (including phenoxy) is 1. The summed E-state index contributed by atoms with van der Waals surface area (Å²) in [5.41, 5.74) is 0. The highest BCUT2D eigenvalue weighted by Crippen LogP contribution is 2.15. The number of hydrogen-bond donors (Lipinski definition) is 1. The summed E-state index contributed by atoms with van der Waals surface area (Å²) in [7, 11) is -1.93.